The minimum Gasteiger partial charge on any atom is -0.453 e. The van der Waals surface area contributed by atoms with Gasteiger partial charge in [-0.3, -0.25) is 0 Å². The second-order valence-corrected chi connectivity index (χ2v) is 14.0. The Morgan fingerprint density at radius 1 is 0.393 bits per heavy atom. The van der Waals surface area contributed by atoms with E-state index in [-0.39, 0.29) is 0 Å². The molecule has 4 heterocycles. The quantitative estimate of drug-likeness (QED) is 0.172. The van der Waals surface area contributed by atoms with Gasteiger partial charge in [0.05, 0.1) is 33.5 Å². The molecule has 56 heavy (non-hydrogen) atoms. The topological polar surface area (TPSA) is 56.7 Å². The minimum absolute atomic E-state index is 0.700. The summed E-state index contributed by atoms with van der Waals surface area (Å²) in [7, 11) is 0. The van der Waals surface area contributed by atoms with Crippen LogP contribution in [0.2, 0.25) is 0 Å². The SMILES string of the molecule is c1ccc(-c2cc(-c3ccc(-c4ccc5c(c4)nc(-c4ccccc4)c4c5oc5c6ccccc6n(-c6ccccc6)c54)cc3)nc(-c3ccccc3)n2)cc1. The zero-order valence-corrected chi connectivity index (χ0v) is 30.2. The van der Waals surface area contributed by atoms with Crippen LogP contribution < -0.4 is 0 Å². The first-order valence-corrected chi connectivity index (χ1v) is 18.8. The number of hydrogen-bond donors (Lipinski definition) is 0. The van der Waals surface area contributed by atoms with Gasteiger partial charge in [-0.1, -0.05) is 152 Å². The van der Waals surface area contributed by atoms with E-state index in [0.717, 1.165) is 100 Å². The standard InChI is InChI=1S/C51H32N4O/c1-5-15-34(16-6-1)42-32-43(54-51(53-42)37-19-9-3-10-20-37)35-27-25-33(26-28-35)38-29-30-40-44(31-38)52-47(36-17-7-2-8-18-36)46-48-50(56-49(40)46)41-23-13-14-24-45(41)55(48)39-21-11-4-12-22-39/h1-32H. The molecule has 7 aromatic carbocycles. The summed E-state index contributed by atoms with van der Waals surface area (Å²) in [6.07, 6.45) is 0. The van der Waals surface area contributed by atoms with Gasteiger partial charge in [0, 0.05) is 38.7 Å². The van der Waals surface area contributed by atoms with E-state index in [2.05, 4.69) is 156 Å². The van der Waals surface area contributed by atoms with Crippen molar-refractivity contribution in [2.75, 3.05) is 0 Å². The van der Waals surface area contributed by atoms with Crippen LogP contribution in [0.5, 0.6) is 0 Å². The Labute approximate surface area is 322 Å². The number of hydrogen-bond acceptors (Lipinski definition) is 4. The molecule has 11 aromatic rings. The summed E-state index contributed by atoms with van der Waals surface area (Å²) < 4.78 is 9.28. The van der Waals surface area contributed by atoms with Crippen molar-refractivity contribution in [2.24, 2.45) is 0 Å². The van der Waals surface area contributed by atoms with E-state index in [0.29, 0.717) is 5.82 Å². The number of aromatic nitrogens is 4. The molecule has 0 saturated heterocycles. The molecule has 5 heteroatoms. The highest BCUT2D eigenvalue weighted by Crippen LogP contribution is 2.45. The van der Waals surface area contributed by atoms with Crippen LogP contribution in [0, 0.1) is 0 Å². The first kappa shape index (κ1) is 31.9. The molecule has 11 rings (SSSR count). The molecule has 0 aliphatic rings. The van der Waals surface area contributed by atoms with Gasteiger partial charge >= 0.3 is 0 Å². The highest BCUT2D eigenvalue weighted by molar-refractivity contribution is 6.24. The van der Waals surface area contributed by atoms with E-state index in [4.69, 9.17) is 19.4 Å². The Bertz CT molecular complexity index is 3150. The van der Waals surface area contributed by atoms with Gasteiger partial charge in [0.15, 0.2) is 11.4 Å². The molecule has 0 bridgehead atoms. The number of para-hydroxylation sites is 2. The van der Waals surface area contributed by atoms with Gasteiger partial charge in [0.25, 0.3) is 0 Å². The summed E-state index contributed by atoms with van der Waals surface area (Å²) in [5.41, 5.74) is 14.7. The fourth-order valence-electron chi connectivity index (χ4n) is 7.93. The van der Waals surface area contributed by atoms with Crippen LogP contribution in [0.15, 0.2) is 199 Å². The Balaban J connectivity index is 1.06. The molecule has 0 unspecified atom stereocenters. The monoisotopic (exact) mass is 716 g/mol. The molecule has 0 spiro atoms. The molecule has 0 saturated carbocycles. The van der Waals surface area contributed by atoms with Crippen LogP contribution in [0.1, 0.15) is 0 Å². The first-order valence-electron chi connectivity index (χ1n) is 18.8. The molecule has 0 atom stereocenters. The third kappa shape index (κ3) is 5.29. The summed E-state index contributed by atoms with van der Waals surface area (Å²) in [6, 6.07) is 67.0. The van der Waals surface area contributed by atoms with E-state index in [1.807, 2.05) is 42.5 Å². The third-order valence-corrected chi connectivity index (χ3v) is 10.6. The normalized spacial score (nSPS) is 11.6. The van der Waals surface area contributed by atoms with Gasteiger partial charge in [-0.05, 0) is 53.6 Å². The van der Waals surface area contributed by atoms with Gasteiger partial charge in [-0.2, -0.15) is 0 Å². The smallest absolute Gasteiger partial charge is 0.161 e. The fraction of sp³-hybridized carbons (Fsp3) is 0. The molecule has 0 aliphatic carbocycles. The fourth-order valence-corrected chi connectivity index (χ4v) is 7.93. The number of benzene rings is 7. The van der Waals surface area contributed by atoms with Crippen LogP contribution in [0.25, 0.3) is 106 Å². The Hall–Kier alpha value is -7.63. The van der Waals surface area contributed by atoms with Crippen LogP contribution in [0.3, 0.4) is 0 Å². The third-order valence-electron chi connectivity index (χ3n) is 10.6. The molecular formula is C51H32N4O. The average Bonchev–Trinajstić information content (AvgIpc) is 3.82. The minimum atomic E-state index is 0.700. The van der Waals surface area contributed by atoms with Crippen molar-refractivity contribution in [3.63, 3.8) is 0 Å². The lowest BCUT2D eigenvalue weighted by Gasteiger charge is -2.12. The lowest BCUT2D eigenvalue weighted by molar-refractivity contribution is 0.676. The lowest BCUT2D eigenvalue weighted by atomic mass is 9.99. The van der Waals surface area contributed by atoms with Gasteiger partial charge in [0.2, 0.25) is 0 Å². The second-order valence-electron chi connectivity index (χ2n) is 14.0. The summed E-state index contributed by atoms with van der Waals surface area (Å²) in [4.78, 5) is 15.4. The summed E-state index contributed by atoms with van der Waals surface area (Å²) in [6.45, 7) is 0. The highest BCUT2D eigenvalue weighted by Gasteiger charge is 2.24. The molecule has 0 radical (unpaired) electrons. The van der Waals surface area contributed by atoms with Crippen molar-refractivity contribution in [3.8, 4) is 62.0 Å². The lowest BCUT2D eigenvalue weighted by Crippen LogP contribution is -1.96. The molecular weight excluding hydrogens is 685 g/mol. The molecule has 4 aromatic heterocycles. The Morgan fingerprint density at radius 3 is 1.64 bits per heavy atom. The molecule has 0 aliphatic heterocycles. The van der Waals surface area contributed by atoms with Crippen molar-refractivity contribution in [3.05, 3.63) is 194 Å². The van der Waals surface area contributed by atoms with E-state index in [1.54, 1.807) is 0 Å². The van der Waals surface area contributed by atoms with Gasteiger partial charge in [0.1, 0.15) is 11.1 Å². The highest BCUT2D eigenvalue weighted by atomic mass is 16.3. The molecule has 262 valence electrons. The molecule has 0 N–H and O–H groups in total. The zero-order valence-electron chi connectivity index (χ0n) is 30.2. The van der Waals surface area contributed by atoms with Crippen LogP contribution >= 0.6 is 0 Å². The maximum atomic E-state index is 6.96. The van der Waals surface area contributed by atoms with Gasteiger partial charge in [-0.25, -0.2) is 15.0 Å². The van der Waals surface area contributed by atoms with E-state index in [9.17, 15) is 0 Å². The van der Waals surface area contributed by atoms with Gasteiger partial charge in [-0.15, -0.1) is 0 Å². The second kappa shape index (κ2) is 13.0. The average molecular weight is 717 g/mol. The van der Waals surface area contributed by atoms with Crippen molar-refractivity contribution in [1.82, 2.24) is 19.5 Å². The summed E-state index contributed by atoms with van der Waals surface area (Å²) in [5.74, 6) is 0.700. The van der Waals surface area contributed by atoms with Crippen LogP contribution in [-0.2, 0) is 0 Å². The summed E-state index contributed by atoms with van der Waals surface area (Å²) >= 11 is 0. The summed E-state index contributed by atoms with van der Waals surface area (Å²) in [5, 5.41) is 3.05. The molecule has 0 amide bonds. The zero-order chi connectivity index (χ0) is 37.0. The largest absolute Gasteiger partial charge is 0.453 e. The first-order chi connectivity index (χ1) is 27.8. The van der Waals surface area contributed by atoms with Crippen LogP contribution in [0.4, 0.5) is 0 Å². The van der Waals surface area contributed by atoms with E-state index < -0.39 is 0 Å². The van der Waals surface area contributed by atoms with Crippen molar-refractivity contribution in [2.45, 2.75) is 0 Å². The maximum Gasteiger partial charge on any atom is 0.161 e. The number of rotatable bonds is 6. The van der Waals surface area contributed by atoms with Crippen LogP contribution in [-0.4, -0.2) is 19.5 Å². The molecule has 5 nitrogen and oxygen atoms in total. The Morgan fingerprint density at radius 2 is 0.946 bits per heavy atom. The van der Waals surface area contributed by atoms with Gasteiger partial charge < -0.3 is 8.98 Å². The number of nitrogens with zero attached hydrogens (tertiary/aromatic N) is 4. The van der Waals surface area contributed by atoms with E-state index in [1.165, 1.54) is 0 Å². The van der Waals surface area contributed by atoms with Crippen molar-refractivity contribution < 1.29 is 4.42 Å². The predicted octanol–water partition coefficient (Wildman–Crippen LogP) is 13.2. The number of fused-ring (bicyclic) bond motifs is 7. The van der Waals surface area contributed by atoms with Crippen molar-refractivity contribution >= 4 is 43.9 Å². The number of pyridine rings is 1. The Kier molecular flexibility index (Phi) is 7.42. The van der Waals surface area contributed by atoms with Crippen molar-refractivity contribution in [1.29, 1.82) is 0 Å². The number of furan rings is 1. The molecule has 0 fully saturated rings. The predicted molar refractivity (Wildman–Crippen MR) is 229 cm³/mol. The maximum absolute atomic E-state index is 6.96. The van der Waals surface area contributed by atoms with E-state index >= 15 is 0 Å².